The predicted molar refractivity (Wildman–Crippen MR) is 58.0 cm³/mol. The van der Waals surface area contributed by atoms with Crippen LogP contribution < -0.4 is 5.32 Å². The molecule has 1 N–H and O–H groups in total. The molecule has 0 saturated carbocycles. The van der Waals surface area contributed by atoms with Gasteiger partial charge in [-0.2, -0.15) is 0 Å². The summed E-state index contributed by atoms with van der Waals surface area (Å²) in [5, 5.41) is 2.76. The van der Waals surface area contributed by atoms with E-state index in [0.717, 1.165) is 5.69 Å². The normalized spacial score (nSPS) is 10.3. The van der Waals surface area contributed by atoms with Gasteiger partial charge >= 0.3 is 0 Å². The van der Waals surface area contributed by atoms with E-state index in [1.54, 1.807) is 18.5 Å². The number of hydrogen-bond donors (Lipinski definition) is 1. The molecule has 0 aliphatic heterocycles. The number of rotatable bonds is 4. The molecule has 0 aliphatic carbocycles. The average Bonchev–Trinajstić information content (AvgIpc) is 2.89. The van der Waals surface area contributed by atoms with Gasteiger partial charge in [-0.1, -0.05) is 0 Å². The first kappa shape index (κ1) is 10.5. The van der Waals surface area contributed by atoms with Crippen LogP contribution in [0.3, 0.4) is 0 Å². The van der Waals surface area contributed by atoms with Gasteiger partial charge in [0.1, 0.15) is 0 Å². The highest BCUT2D eigenvalue weighted by atomic mass is 16.3. The van der Waals surface area contributed by atoms with Gasteiger partial charge in [0, 0.05) is 26.2 Å². The number of aryl methyl sites for hydroxylation is 1. The molecule has 0 atom stereocenters. The summed E-state index contributed by atoms with van der Waals surface area (Å²) >= 11 is 0. The predicted octanol–water partition coefficient (Wildman–Crippen LogP) is 0.986. The van der Waals surface area contributed by atoms with Crippen LogP contribution in [0, 0.1) is 0 Å². The second-order valence-corrected chi connectivity index (χ2v) is 3.51. The number of furan rings is 1. The SMILES string of the molecule is Cn1cnc(CCNC(=O)c2ccco2)c1. The third kappa shape index (κ3) is 2.50. The van der Waals surface area contributed by atoms with Crippen molar-refractivity contribution in [3.8, 4) is 0 Å². The summed E-state index contributed by atoms with van der Waals surface area (Å²) in [7, 11) is 1.91. The fraction of sp³-hybridized carbons (Fsp3) is 0.273. The molecule has 0 bridgehead atoms. The van der Waals surface area contributed by atoms with E-state index in [1.807, 2.05) is 17.8 Å². The van der Waals surface area contributed by atoms with Gasteiger partial charge in [-0.25, -0.2) is 4.98 Å². The van der Waals surface area contributed by atoms with Crippen LogP contribution in [0.5, 0.6) is 0 Å². The summed E-state index contributed by atoms with van der Waals surface area (Å²) in [6.45, 7) is 0.552. The number of nitrogens with zero attached hydrogens (tertiary/aromatic N) is 2. The number of imidazole rings is 1. The van der Waals surface area contributed by atoms with Gasteiger partial charge in [0.15, 0.2) is 5.76 Å². The Bertz CT molecular complexity index is 459. The van der Waals surface area contributed by atoms with Gasteiger partial charge in [0.05, 0.1) is 18.3 Å². The largest absolute Gasteiger partial charge is 0.459 e. The Morgan fingerprint density at radius 3 is 3.12 bits per heavy atom. The Morgan fingerprint density at radius 1 is 1.62 bits per heavy atom. The lowest BCUT2D eigenvalue weighted by atomic mass is 10.3. The second-order valence-electron chi connectivity index (χ2n) is 3.51. The lowest BCUT2D eigenvalue weighted by molar-refractivity contribution is 0.0926. The third-order valence-corrected chi connectivity index (χ3v) is 2.17. The van der Waals surface area contributed by atoms with Gasteiger partial charge in [-0.05, 0) is 12.1 Å². The molecule has 2 rings (SSSR count). The molecule has 16 heavy (non-hydrogen) atoms. The molecule has 0 fully saturated rings. The van der Waals surface area contributed by atoms with Crippen molar-refractivity contribution in [2.45, 2.75) is 6.42 Å². The van der Waals surface area contributed by atoms with E-state index in [4.69, 9.17) is 4.42 Å². The summed E-state index contributed by atoms with van der Waals surface area (Å²) < 4.78 is 6.85. The highest BCUT2D eigenvalue weighted by Crippen LogP contribution is 1.99. The quantitative estimate of drug-likeness (QED) is 0.834. The number of amides is 1. The van der Waals surface area contributed by atoms with Crippen LogP contribution >= 0.6 is 0 Å². The smallest absolute Gasteiger partial charge is 0.286 e. The molecular weight excluding hydrogens is 206 g/mol. The van der Waals surface area contributed by atoms with Crippen molar-refractivity contribution in [2.75, 3.05) is 6.54 Å². The number of aromatic nitrogens is 2. The average molecular weight is 219 g/mol. The zero-order valence-electron chi connectivity index (χ0n) is 9.01. The minimum absolute atomic E-state index is 0.194. The molecular formula is C11H13N3O2. The van der Waals surface area contributed by atoms with Crippen LogP contribution in [0.2, 0.25) is 0 Å². The molecule has 2 heterocycles. The molecule has 2 aromatic rings. The molecule has 0 spiro atoms. The highest BCUT2D eigenvalue weighted by Gasteiger charge is 2.07. The van der Waals surface area contributed by atoms with E-state index in [1.165, 1.54) is 6.26 Å². The molecule has 2 aromatic heterocycles. The van der Waals surface area contributed by atoms with Crippen molar-refractivity contribution in [3.63, 3.8) is 0 Å². The van der Waals surface area contributed by atoms with Crippen molar-refractivity contribution < 1.29 is 9.21 Å². The Hall–Kier alpha value is -2.04. The minimum Gasteiger partial charge on any atom is -0.459 e. The number of nitrogens with one attached hydrogen (secondary N) is 1. The molecule has 0 aliphatic rings. The van der Waals surface area contributed by atoms with Crippen molar-refractivity contribution in [3.05, 3.63) is 42.4 Å². The van der Waals surface area contributed by atoms with E-state index in [0.29, 0.717) is 18.7 Å². The molecule has 0 aromatic carbocycles. The number of hydrogen-bond acceptors (Lipinski definition) is 3. The van der Waals surface area contributed by atoms with Gasteiger partial charge in [0.2, 0.25) is 0 Å². The van der Waals surface area contributed by atoms with Gasteiger partial charge in [0.25, 0.3) is 5.91 Å². The fourth-order valence-corrected chi connectivity index (χ4v) is 1.40. The first-order chi connectivity index (χ1) is 7.75. The van der Waals surface area contributed by atoms with E-state index in [9.17, 15) is 4.79 Å². The summed E-state index contributed by atoms with van der Waals surface area (Å²) in [4.78, 5) is 15.6. The molecule has 1 amide bonds. The Labute approximate surface area is 93.1 Å². The maximum absolute atomic E-state index is 11.5. The minimum atomic E-state index is -0.194. The monoisotopic (exact) mass is 219 g/mol. The Balaban J connectivity index is 1.78. The van der Waals surface area contributed by atoms with Crippen LogP contribution in [0.1, 0.15) is 16.2 Å². The lowest BCUT2D eigenvalue weighted by Crippen LogP contribution is -2.25. The van der Waals surface area contributed by atoms with Crippen LogP contribution in [-0.4, -0.2) is 22.0 Å². The van der Waals surface area contributed by atoms with Crippen molar-refractivity contribution in [1.82, 2.24) is 14.9 Å². The maximum atomic E-state index is 11.5. The summed E-state index contributed by atoms with van der Waals surface area (Å²) in [5.74, 6) is 0.141. The van der Waals surface area contributed by atoms with Gasteiger partial charge in [-0.3, -0.25) is 4.79 Å². The Morgan fingerprint density at radius 2 is 2.50 bits per heavy atom. The van der Waals surface area contributed by atoms with Crippen LogP contribution in [0.25, 0.3) is 0 Å². The number of carbonyl (C=O) groups is 1. The molecule has 0 saturated heterocycles. The van der Waals surface area contributed by atoms with Crippen LogP contribution in [-0.2, 0) is 13.5 Å². The summed E-state index contributed by atoms with van der Waals surface area (Å²) in [6, 6.07) is 3.32. The van der Waals surface area contributed by atoms with Crippen LogP contribution in [0.4, 0.5) is 0 Å². The fourth-order valence-electron chi connectivity index (χ4n) is 1.40. The maximum Gasteiger partial charge on any atom is 0.286 e. The molecule has 84 valence electrons. The third-order valence-electron chi connectivity index (χ3n) is 2.17. The molecule has 5 nitrogen and oxygen atoms in total. The molecule has 5 heteroatoms. The topological polar surface area (TPSA) is 60.1 Å². The second kappa shape index (κ2) is 4.65. The first-order valence-electron chi connectivity index (χ1n) is 5.04. The Kier molecular flexibility index (Phi) is 3.05. The van der Waals surface area contributed by atoms with Crippen molar-refractivity contribution in [2.24, 2.45) is 7.05 Å². The standard InChI is InChI=1S/C11H13N3O2/c1-14-7-9(13-8-14)4-5-12-11(15)10-3-2-6-16-10/h2-3,6-8H,4-5H2,1H3,(H,12,15). The van der Waals surface area contributed by atoms with E-state index in [-0.39, 0.29) is 5.91 Å². The summed E-state index contributed by atoms with van der Waals surface area (Å²) in [5.41, 5.74) is 0.960. The summed E-state index contributed by atoms with van der Waals surface area (Å²) in [6.07, 6.45) is 5.86. The molecule has 0 unspecified atom stereocenters. The lowest BCUT2D eigenvalue weighted by Gasteiger charge is -2.00. The van der Waals surface area contributed by atoms with E-state index in [2.05, 4.69) is 10.3 Å². The zero-order valence-corrected chi connectivity index (χ0v) is 9.01. The van der Waals surface area contributed by atoms with E-state index < -0.39 is 0 Å². The van der Waals surface area contributed by atoms with Gasteiger partial charge < -0.3 is 14.3 Å². The van der Waals surface area contributed by atoms with E-state index >= 15 is 0 Å². The first-order valence-corrected chi connectivity index (χ1v) is 5.04. The van der Waals surface area contributed by atoms with Gasteiger partial charge in [-0.15, -0.1) is 0 Å². The molecule has 0 radical (unpaired) electrons. The van der Waals surface area contributed by atoms with Crippen LogP contribution in [0.15, 0.2) is 35.3 Å². The highest BCUT2D eigenvalue weighted by molar-refractivity contribution is 5.91. The number of carbonyl (C=O) groups excluding carboxylic acids is 1. The van der Waals surface area contributed by atoms with Crippen molar-refractivity contribution in [1.29, 1.82) is 0 Å². The van der Waals surface area contributed by atoms with Crippen molar-refractivity contribution >= 4 is 5.91 Å². The zero-order chi connectivity index (χ0) is 11.4.